The van der Waals surface area contributed by atoms with E-state index in [-0.39, 0.29) is 24.0 Å². The van der Waals surface area contributed by atoms with E-state index < -0.39 is 0 Å². The van der Waals surface area contributed by atoms with Gasteiger partial charge in [0.25, 0.3) is 0 Å². The zero-order valence-corrected chi connectivity index (χ0v) is 21.4. The summed E-state index contributed by atoms with van der Waals surface area (Å²) >= 11 is 12.6. The topological polar surface area (TPSA) is 77.2 Å². The highest BCUT2D eigenvalue weighted by Gasteiger charge is 2.33. The number of nitrogens with zero attached hydrogens (tertiary/aromatic N) is 5. The Morgan fingerprint density at radius 3 is 2.74 bits per heavy atom. The zero-order valence-electron chi connectivity index (χ0n) is 19.8. The molecule has 2 aliphatic heterocycles. The highest BCUT2D eigenvalue weighted by Crippen LogP contribution is 2.33. The van der Waals surface area contributed by atoms with E-state index >= 15 is 0 Å². The number of piperazine rings is 1. The number of hydrogen-bond donors (Lipinski definition) is 1. The summed E-state index contributed by atoms with van der Waals surface area (Å²) in [6.07, 6.45) is 1.98. The number of aromatic nitrogens is 2. The zero-order chi connectivity index (χ0) is 24.7. The minimum Gasteiger partial charge on any atom is -0.368 e. The van der Waals surface area contributed by atoms with E-state index in [9.17, 15) is 10.1 Å². The molecule has 0 bridgehead atoms. The van der Waals surface area contributed by atoms with Gasteiger partial charge < -0.3 is 15.1 Å². The van der Waals surface area contributed by atoms with Gasteiger partial charge in [-0.05, 0) is 69.1 Å². The van der Waals surface area contributed by atoms with Gasteiger partial charge in [0.15, 0.2) is 5.69 Å². The molecule has 5 rings (SSSR count). The first kappa shape index (κ1) is 23.9. The van der Waals surface area contributed by atoms with Gasteiger partial charge in [-0.15, -0.1) is 0 Å². The van der Waals surface area contributed by atoms with E-state index in [1.807, 2.05) is 40.8 Å². The van der Waals surface area contributed by atoms with E-state index in [4.69, 9.17) is 23.2 Å². The van der Waals surface area contributed by atoms with Gasteiger partial charge in [-0.25, -0.2) is 0 Å². The lowest BCUT2D eigenvalue weighted by Gasteiger charge is -2.42. The van der Waals surface area contributed by atoms with Gasteiger partial charge in [-0.1, -0.05) is 29.3 Å². The fourth-order valence-electron chi connectivity index (χ4n) is 5.29. The largest absolute Gasteiger partial charge is 0.368 e. The maximum absolute atomic E-state index is 13.0. The van der Waals surface area contributed by atoms with Crippen LogP contribution in [0.1, 0.15) is 44.0 Å². The summed E-state index contributed by atoms with van der Waals surface area (Å²) < 4.78 is 1.86. The molecule has 2 aromatic carbocycles. The summed E-state index contributed by atoms with van der Waals surface area (Å²) in [6, 6.07) is 13.6. The monoisotopic (exact) mass is 510 g/mol. The second-order valence-corrected chi connectivity index (χ2v) is 10.3. The molecule has 2 saturated heterocycles. The van der Waals surface area contributed by atoms with Crippen LogP contribution < -0.4 is 10.2 Å². The molecule has 9 heteroatoms. The number of benzene rings is 2. The maximum Gasteiger partial charge on any atom is 0.240 e. The van der Waals surface area contributed by atoms with E-state index in [0.29, 0.717) is 22.3 Å². The number of anilines is 1. The van der Waals surface area contributed by atoms with Gasteiger partial charge in [0.1, 0.15) is 6.07 Å². The Kier molecular flexibility index (Phi) is 6.63. The average Bonchev–Trinajstić information content (AvgIpc) is 3.51. The molecule has 0 aliphatic carbocycles. The summed E-state index contributed by atoms with van der Waals surface area (Å²) in [5, 5.41) is 19.6. The molecule has 2 fully saturated rings. The first-order valence-electron chi connectivity index (χ1n) is 12.0. The number of fused-ring (bicyclic) bond motifs is 1. The fourth-order valence-corrected chi connectivity index (χ4v) is 5.85. The molecule has 3 heterocycles. The van der Waals surface area contributed by atoms with Crippen LogP contribution in [0.5, 0.6) is 0 Å². The minimum absolute atomic E-state index is 0.0414. The van der Waals surface area contributed by atoms with E-state index in [1.54, 1.807) is 6.07 Å². The van der Waals surface area contributed by atoms with Crippen LogP contribution in [-0.4, -0.2) is 58.9 Å². The molecule has 0 spiro atoms. The van der Waals surface area contributed by atoms with Crippen molar-refractivity contribution < 1.29 is 4.79 Å². The Hall–Kier alpha value is -2.79. The number of nitrogens with one attached hydrogen (secondary N) is 1. The molecule has 3 aromatic rings. The number of halogens is 2. The summed E-state index contributed by atoms with van der Waals surface area (Å²) in [6.45, 7) is 7.24. The molecule has 1 unspecified atom stereocenters. The lowest BCUT2D eigenvalue weighted by atomic mass is 10.1. The maximum atomic E-state index is 13.0. The molecule has 0 saturated carbocycles. The van der Waals surface area contributed by atoms with Crippen LogP contribution in [0.15, 0.2) is 36.4 Å². The van der Waals surface area contributed by atoms with E-state index in [2.05, 4.69) is 34.4 Å². The molecule has 1 amide bonds. The lowest BCUT2D eigenvalue weighted by Crippen LogP contribution is -2.57. The average molecular weight is 511 g/mol. The number of carbonyl (C=O) groups is 1. The minimum atomic E-state index is -0.188. The molecule has 1 aromatic heterocycles. The van der Waals surface area contributed by atoms with Gasteiger partial charge in [-0.2, -0.15) is 10.4 Å². The standard InChI is InChI=1S/C26H28Cl2N6O/c1-16-15-32(10-11-33(16)26(35)23-4-3-9-30-23)19-6-8-21-24(14-29)31-34(25(21)13-19)17(2)20-7-5-18(27)12-22(20)28/h5-8,12-13,16-17,23,30H,3-4,9-11,15H2,1-2H3/t16-,17?,23-/m1/s1. The molecule has 0 radical (unpaired) electrons. The smallest absolute Gasteiger partial charge is 0.240 e. The van der Waals surface area contributed by atoms with Crippen molar-refractivity contribution >= 4 is 45.7 Å². The molecule has 35 heavy (non-hydrogen) atoms. The predicted molar refractivity (Wildman–Crippen MR) is 139 cm³/mol. The van der Waals surface area contributed by atoms with Crippen LogP contribution in [0.2, 0.25) is 10.0 Å². The third-order valence-electron chi connectivity index (χ3n) is 7.21. The number of rotatable bonds is 4. The third kappa shape index (κ3) is 4.47. The summed E-state index contributed by atoms with van der Waals surface area (Å²) in [5.74, 6) is 0.218. The van der Waals surface area contributed by atoms with Crippen LogP contribution in [0.4, 0.5) is 5.69 Å². The Morgan fingerprint density at radius 1 is 1.23 bits per heavy atom. The Morgan fingerprint density at radius 2 is 2.06 bits per heavy atom. The van der Waals surface area contributed by atoms with Crippen molar-refractivity contribution in [2.45, 2.75) is 44.8 Å². The van der Waals surface area contributed by atoms with Crippen LogP contribution in [-0.2, 0) is 4.79 Å². The normalized spacial score (nSPS) is 21.3. The second kappa shape index (κ2) is 9.69. The fraction of sp³-hybridized carbons (Fsp3) is 0.423. The molecular weight excluding hydrogens is 483 g/mol. The van der Waals surface area contributed by atoms with Gasteiger partial charge in [0.05, 0.1) is 17.6 Å². The molecule has 7 nitrogen and oxygen atoms in total. The van der Waals surface area contributed by atoms with Gasteiger partial charge in [0.2, 0.25) is 5.91 Å². The first-order chi connectivity index (χ1) is 16.9. The first-order valence-corrected chi connectivity index (χ1v) is 12.8. The van der Waals surface area contributed by atoms with Crippen molar-refractivity contribution in [2.24, 2.45) is 0 Å². The summed E-state index contributed by atoms with van der Waals surface area (Å²) in [4.78, 5) is 17.3. The summed E-state index contributed by atoms with van der Waals surface area (Å²) in [7, 11) is 0. The van der Waals surface area contributed by atoms with Crippen molar-refractivity contribution in [3.8, 4) is 6.07 Å². The Balaban J connectivity index is 1.43. The van der Waals surface area contributed by atoms with Crippen LogP contribution >= 0.6 is 23.2 Å². The van der Waals surface area contributed by atoms with Crippen LogP contribution in [0, 0.1) is 11.3 Å². The number of nitriles is 1. The van der Waals surface area contributed by atoms with E-state index in [0.717, 1.165) is 54.6 Å². The van der Waals surface area contributed by atoms with Crippen molar-refractivity contribution in [3.05, 3.63) is 57.7 Å². The highest BCUT2D eigenvalue weighted by atomic mass is 35.5. The highest BCUT2D eigenvalue weighted by molar-refractivity contribution is 6.35. The summed E-state index contributed by atoms with van der Waals surface area (Å²) in [5.41, 5.74) is 3.20. The quantitative estimate of drug-likeness (QED) is 0.554. The van der Waals surface area contributed by atoms with Gasteiger partial charge in [0, 0.05) is 46.8 Å². The molecule has 3 atom stereocenters. The molecule has 2 aliphatic rings. The predicted octanol–water partition coefficient (Wildman–Crippen LogP) is 4.61. The number of hydrogen-bond acceptors (Lipinski definition) is 5. The van der Waals surface area contributed by atoms with Gasteiger partial charge >= 0.3 is 0 Å². The van der Waals surface area contributed by atoms with Gasteiger partial charge in [-0.3, -0.25) is 9.48 Å². The Labute approximate surface area is 215 Å². The van der Waals surface area contributed by atoms with Crippen LogP contribution in [0.25, 0.3) is 10.9 Å². The van der Waals surface area contributed by atoms with Crippen LogP contribution in [0.3, 0.4) is 0 Å². The SMILES string of the molecule is CC(c1ccc(Cl)cc1Cl)n1nc(C#N)c2ccc(N3CCN(C(=O)[C@H]4CCCN4)[C@H](C)C3)cc21. The molecule has 182 valence electrons. The number of carbonyl (C=O) groups excluding carboxylic acids is 1. The number of amides is 1. The van der Waals surface area contributed by atoms with E-state index in [1.165, 1.54) is 0 Å². The molecular formula is C26H28Cl2N6O. The van der Waals surface area contributed by atoms with Crippen molar-refractivity contribution in [1.29, 1.82) is 5.26 Å². The second-order valence-electron chi connectivity index (χ2n) is 9.42. The lowest BCUT2D eigenvalue weighted by molar-refractivity contribution is -0.135. The van der Waals surface area contributed by atoms with Crippen molar-refractivity contribution in [1.82, 2.24) is 20.0 Å². The van der Waals surface area contributed by atoms with Crippen molar-refractivity contribution in [3.63, 3.8) is 0 Å². The van der Waals surface area contributed by atoms with Crippen molar-refractivity contribution in [2.75, 3.05) is 31.1 Å². The molecule has 1 N–H and O–H groups in total. The Bertz CT molecular complexity index is 1310. The third-order valence-corrected chi connectivity index (χ3v) is 7.77.